The van der Waals surface area contributed by atoms with Crippen LogP contribution in [0, 0.1) is 0 Å². The van der Waals surface area contributed by atoms with E-state index in [0.29, 0.717) is 19.5 Å². The number of hydrogen-bond acceptors (Lipinski definition) is 8. The summed E-state index contributed by atoms with van der Waals surface area (Å²) >= 11 is 0. The summed E-state index contributed by atoms with van der Waals surface area (Å²) in [5.74, 6) is -3.58. The Labute approximate surface area is 182 Å². The summed E-state index contributed by atoms with van der Waals surface area (Å²) in [4.78, 5) is 42.7. The maximum Gasteiger partial charge on any atom is 0.358 e. The predicted octanol–water partition coefficient (Wildman–Crippen LogP) is -0.924. The van der Waals surface area contributed by atoms with Crippen molar-refractivity contribution in [2.24, 2.45) is 0 Å². The number of ether oxygens (including phenoxy) is 1. The number of nitrogens with zero attached hydrogens (tertiary/aromatic N) is 5. The second kappa shape index (κ2) is 7.78. The van der Waals surface area contributed by atoms with Gasteiger partial charge in [0.15, 0.2) is 5.69 Å². The van der Waals surface area contributed by atoms with Crippen LogP contribution in [0.4, 0.5) is 5.82 Å². The van der Waals surface area contributed by atoms with Crippen LogP contribution in [0.5, 0.6) is 5.75 Å². The molecule has 0 aliphatic carbocycles. The summed E-state index contributed by atoms with van der Waals surface area (Å²) in [6.07, 6.45) is 1.25. The van der Waals surface area contributed by atoms with Gasteiger partial charge in [0.05, 0.1) is 24.2 Å². The zero-order valence-corrected chi connectivity index (χ0v) is 18.3. The van der Waals surface area contributed by atoms with Crippen LogP contribution in [0.2, 0.25) is 0 Å². The standard InChI is InChI=1S/C18H23N5O8S/c1-10-6-20(7-11(2)31-10)13(24)9-21-8-12(22-4-3-5-32(22,29)30)23-16(26)15(25)14(17(27)28)19-18(21)23/h8,10-11,25H,3-7,9H2,1-2H3,(H,27,28)/t10-,11-/m1/s1. The van der Waals surface area contributed by atoms with Gasteiger partial charge in [-0.1, -0.05) is 0 Å². The number of carbonyl (C=O) groups excluding carboxylic acids is 1. The Morgan fingerprint density at radius 2 is 1.91 bits per heavy atom. The highest BCUT2D eigenvalue weighted by Crippen LogP contribution is 2.26. The summed E-state index contributed by atoms with van der Waals surface area (Å²) in [5.41, 5.74) is -2.02. The summed E-state index contributed by atoms with van der Waals surface area (Å²) < 4.78 is 33.6. The first-order chi connectivity index (χ1) is 15.0. The van der Waals surface area contributed by atoms with E-state index in [0.717, 1.165) is 8.71 Å². The first kappa shape index (κ1) is 22.1. The van der Waals surface area contributed by atoms with Crippen LogP contribution >= 0.6 is 0 Å². The average Bonchev–Trinajstić information content (AvgIpc) is 3.22. The molecule has 0 bridgehead atoms. The van der Waals surface area contributed by atoms with Crippen LogP contribution in [0.15, 0.2) is 11.0 Å². The molecule has 2 N–H and O–H groups in total. The molecule has 2 saturated heterocycles. The molecule has 2 fully saturated rings. The van der Waals surface area contributed by atoms with Crippen LogP contribution in [0.3, 0.4) is 0 Å². The molecule has 32 heavy (non-hydrogen) atoms. The summed E-state index contributed by atoms with van der Waals surface area (Å²) in [7, 11) is -3.72. The number of imidazole rings is 1. The lowest BCUT2D eigenvalue weighted by Gasteiger charge is -2.35. The molecule has 13 nitrogen and oxygen atoms in total. The van der Waals surface area contributed by atoms with Gasteiger partial charge in [-0.05, 0) is 20.3 Å². The molecule has 0 aromatic carbocycles. The molecule has 2 aliphatic rings. The van der Waals surface area contributed by atoms with E-state index in [9.17, 15) is 33.0 Å². The molecule has 174 valence electrons. The molecule has 0 spiro atoms. The smallest absolute Gasteiger partial charge is 0.358 e. The molecule has 0 saturated carbocycles. The van der Waals surface area contributed by atoms with Crippen molar-refractivity contribution >= 4 is 33.5 Å². The zero-order valence-electron chi connectivity index (χ0n) is 17.5. The molecule has 1 amide bonds. The van der Waals surface area contributed by atoms with Gasteiger partial charge in [0.1, 0.15) is 12.4 Å². The molecule has 0 unspecified atom stereocenters. The predicted molar refractivity (Wildman–Crippen MR) is 110 cm³/mol. The fourth-order valence-corrected chi connectivity index (χ4v) is 5.66. The maximum absolute atomic E-state index is 13.0. The van der Waals surface area contributed by atoms with E-state index in [-0.39, 0.29) is 48.6 Å². The number of hydrogen-bond donors (Lipinski definition) is 2. The number of rotatable bonds is 4. The van der Waals surface area contributed by atoms with Crippen molar-refractivity contribution in [3.63, 3.8) is 0 Å². The largest absolute Gasteiger partial charge is 0.501 e. The number of carboxylic acids is 1. The van der Waals surface area contributed by atoms with E-state index in [2.05, 4.69) is 4.98 Å². The number of morpholine rings is 1. The van der Waals surface area contributed by atoms with Crippen molar-refractivity contribution in [2.75, 3.05) is 29.7 Å². The van der Waals surface area contributed by atoms with Gasteiger partial charge in [-0.2, -0.15) is 0 Å². The average molecular weight is 469 g/mol. The molecule has 4 rings (SSSR count). The maximum atomic E-state index is 13.0. The molecule has 2 aromatic rings. The van der Waals surface area contributed by atoms with Crippen molar-refractivity contribution in [2.45, 2.75) is 39.0 Å². The Hall–Kier alpha value is -3.13. The topological polar surface area (TPSA) is 164 Å². The van der Waals surface area contributed by atoms with Gasteiger partial charge >= 0.3 is 11.5 Å². The number of fused-ring (bicyclic) bond motifs is 1. The van der Waals surface area contributed by atoms with Gasteiger partial charge in [0.25, 0.3) is 0 Å². The molecular formula is C18H23N5O8S. The highest BCUT2D eigenvalue weighted by atomic mass is 32.2. The van der Waals surface area contributed by atoms with Crippen molar-refractivity contribution in [1.29, 1.82) is 0 Å². The minimum Gasteiger partial charge on any atom is -0.501 e. The van der Waals surface area contributed by atoms with Gasteiger partial charge in [0, 0.05) is 19.6 Å². The molecule has 14 heteroatoms. The van der Waals surface area contributed by atoms with Gasteiger partial charge in [-0.25, -0.2) is 22.6 Å². The van der Waals surface area contributed by atoms with Crippen LogP contribution < -0.4 is 9.86 Å². The van der Waals surface area contributed by atoms with Gasteiger partial charge in [-0.3, -0.25) is 13.9 Å². The second-order valence-electron chi connectivity index (χ2n) is 7.97. The van der Waals surface area contributed by atoms with Crippen molar-refractivity contribution in [3.8, 4) is 5.75 Å². The lowest BCUT2D eigenvalue weighted by molar-refractivity contribution is -0.143. The SMILES string of the molecule is C[C@@H]1CN(C(=O)Cn2cc(N3CCCS3(=O)=O)n3c(=O)c(O)c(C(=O)O)nc23)C[C@@H](C)O1. The Bertz CT molecular complexity index is 1260. The van der Waals surface area contributed by atoms with E-state index >= 15 is 0 Å². The monoisotopic (exact) mass is 469 g/mol. The van der Waals surface area contributed by atoms with Crippen LogP contribution in [-0.4, -0.2) is 87.0 Å². The third kappa shape index (κ3) is 3.68. The molecule has 2 aliphatic heterocycles. The number of carboxylic acid groups (broad SMARTS) is 1. The molecule has 0 radical (unpaired) electrons. The van der Waals surface area contributed by atoms with E-state index < -0.39 is 33.0 Å². The quantitative estimate of drug-likeness (QED) is 0.576. The second-order valence-corrected chi connectivity index (χ2v) is 9.98. The number of aromatic nitrogens is 3. The molecule has 2 atom stereocenters. The summed E-state index contributed by atoms with van der Waals surface area (Å²) in [6.45, 7) is 4.16. The van der Waals surface area contributed by atoms with Crippen molar-refractivity contribution in [1.82, 2.24) is 18.9 Å². The summed E-state index contributed by atoms with van der Waals surface area (Å²) in [5, 5.41) is 19.4. The number of aromatic hydroxyl groups is 1. The lowest BCUT2D eigenvalue weighted by Crippen LogP contribution is -2.49. The number of carbonyl (C=O) groups is 2. The first-order valence-electron chi connectivity index (χ1n) is 10.0. The fraction of sp³-hybridized carbons (Fsp3) is 0.556. The van der Waals surface area contributed by atoms with Crippen LogP contribution in [-0.2, 0) is 26.1 Å². The van der Waals surface area contributed by atoms with Crippen LogP contribution in [0.1, 0.15) is 30.8 Å². The van der Waals surface area contributed by atoms with Gasteiger partial charge < -0.3 is 24.4 Å². The minimum absolute atomic E-state index is 0.0990. The molecular weight excluding hydrogens is 446 g/mol. The van der Waals surface area contributed by atoms with E-state index in [4.69, 9.17) is 4.74 Å². The van der Waals surface area contributed by atoms with Crippen molar-refractivity contribution in [3.05, 3.63) is 22.2 Å². The lowest BCUT2D eigenvalue weighted by atomic mass is 10.2. The van der Waals surface area contributed by atoms with Crippen molar-refractivity contribution < 1.29 is 33.0 Å². The van der Waals surface area contributed by atoms with E-state index in [1.807, 2.05) is 13.8 Å². The number of amides is 1. The van der Waals surface area contributed by atoms with Gasteiger partial charge in [-0.15, -0.1) is 0 Å². The molecule has 4 heterocycles. The van der Waals surface area contributed by atoms with Crippen LogP contribution in [0.25, 0.3) is 5.78 Å². The molecule has 2 aromatic heterocycles. The van der Waals surface area contributed by atoms with E-state index in [1.54, 1.807) is 4.90 Å². The highest BCUT2D eigenvalue weighted by Gasteiger charge is 2.34. The fourth-order valence-electron chi connectivity index (χ4n) is 4.12. The van der Waals surface area contributed by atoms with Gasteiger partial charge in [0.2, 0.25) is 27.5 Å². The number of sulfonamides is 1. The number of aromatic carboxylic acids is 1. The third-order valence-corrected chi connectivity index (χ3v) is 7.28. The summed E-state index contributed by atoms with van der Waals surface area (Å²) in [6, 6.07) is 0. The first-order valence-corrected chi connectivity index (χ1v) is 11.6. The number of anilines is 1. The third-order valence-electron chi connectivity index (χ3n) is 5.43. The minimum atomic E-state index is -3.72. The normalized spacial score (nSPS) is 23.1. The Morgan fingerprint density at radius 1 is 1.25 bits per heavy atom. The highest BCUT2D eigenvalue weighted by molar-refractivity contribution is 7.93. The Morgan fingerprint density at radius 3 is 2.47 bits per heavy atom. The zero-order chi connectivity index (χ0) is 23.4. The Kier molecular flexibility index (Phi) is 5.36. The van der Waals surface area contributed by atoms with E-state index in [1.165, 1.54) is 10.8 Å². The Balaban J connectivity index is 1.84.